The third-order valence-corrected chi connectivity index (χ3v) is 4.85. The first-order valence-electron chi connectivity index (χ1n) is 7.79. The summed E-state index contributed by atoms with van der Waals surface area (Å²) in [6.45, 7) is 6.37. The number of likely N-dealkylation sites (tertiary alicyclic amines) is 1. The van der Waals surface area contributed by atoms with Crippen LogP contribution in [0.25, 0.3) is 0 Å². The van der Waals surface area contributed by atoms with Crippen LogP contribution in [0.2, 0.25) is 5.02 Å². The first-order chi connectivity index (χ1) is 10.2. The number of rotatable bonds is 3. The molecule has 122 valence electrons. The molecule has 0 radical (unpaired) electrons. The first-order valence-corrected chi connectivity index (χ1v) is 8.17. The number of piperidine rings is 1. The Labute approximate surface area is 137 Å². The Morgan fingerprint density at radius 2 is 2.00 bits per heavy atom. The topological polar surface area (TPSA) is 66.6 Å². The minimum absolute atomic E-state index is 0.0272. The molecule has 2 rings (SSSR count). The fourth-order valence-corrected chi connectivity index (χ4v) is 3.18. The lowest BCUT2D eigenvalue weighted by Crippen LogP contribution is -2.55. The maximum absolute atomic E-state index is 12.4. The SMILES string of the molecule is CC(C)[C@@H](N)C(=O)N1CCC(O)(c2ccc(Cl)cc2)CC1C. The molecule has 0 spiro atoms. The highest BCUT2D eigenvalue weighted by Gasteiger charge is 2.40. The van der Waals surface area contributed by atoms with E-state index in [1.54, 1.807) is 17.0 Å². The molecule has 0 bridgehead atoms. The second-order valence-corrected chi connectivity index (χ2v) is 7.08. The normalized spacial score (nSPS) is 27.0. The van der Waals surface area contributed by atoms with Gasteiger partial charge in [-0.05, 0) is 37.0 Å². The summed E-state index contributed by atoms with van der Waals surface area (Å²) in [6, 6.07) is 6.74. The molecule has 1 amide bonds. The Hall–Kier alpha value is -1.10. The minimum atomic E-state index is -0.914. The van der Waals surface area contributed by atoms with Crippen molar-refractivity contribution in [3.63, 3.8) is 0 Å². The van der Waals surface area contributed by atoms with Crippen LogP contribution in [0.3, 0.4) is 0 Å². The van der Waals surface area contributed by atoms with Crippen molar-refractivity contribution in [1.82, 2.24) is 4.90 Å². The van der Waals surface area contributed by atoms with Crippen molar-refractivity contribution < 1.29 is 9.90 Å². The van der Waals surface area contributed by atoms with Crippen LogP contribution < -0.4 is 5.73 Å². The molecule has 1 aromatic carbocycles. The summed E-state index contributed by atoms with van der Waals surface area (Å²) in [6.07, 6.45) is 1.01. The molecule has 0 saturated carbocycles. The van der Waals surface area contributed by atoms with E-state index in [0.717, 1.165) is 5.56 Å². The van der Waals surface area contributed by atoms with Gasteiger partial charge in [-0.3, -0.25) is 4.79 Å². The third kappa shape index (κ3) is 3.45. The number of carbonyl (C=O) groups is 1. The van der Waals surface area contributed by atoms with Crippen molar-refractivity contribution in [2.45, 2.75) is 51.3 Å². The van der Waals surface area contributed by atoms with Gasteiger partial charge < -0.3 is 15.7 Å². The molecule has 4 nitrogen and oxygen atoms in total. The standard InChI is InChI=1S/C17H25ClN2O2/c1-11(2)15(19)16(21)20-9-8-17(22,10-12(20)3)13-4-6-14(18)7-5-13/h4-7,11-12,15,22H,8-10,19H2,1-3H3/t12?,15-,17?/m1/s1. The second-order valence-electron chi connectivity index (χ2n) is 6.64. The predicted octanol–water partition coefficient (Wildman–Crippen LogP) is 2.52. The van der Waals surface area contributed by atoms with E-state index in [2.05, 4.69) is 0 Å². The van der Waals surface area contributed by atoms with Crippen LogP contribution in [-0.2, 0) is 10.4 Å². The molecule has 1 heterocycles. The van der Waals surface area contributed by atoms with Gasteiger partial charge in [-0.25, -0.2) is 0 Å². The van der Waals surface area contributed by atoms with Crippen LogP contribution in [0.4, 0.5) is 0 Å². The Kier molecular flexibility index (Phi) is 5.15. The molecule has 0 aromatic heterocycles. The fraction of sp³-hybridized carbons (Fsp3) is 0.588. The molecule has 3 atom stereocenters. The number of carbonyl (C=O) groups excluding carboxylic acids is 1. The number of nitrogens with zero attached hydrogens (tertiary/aromatic N) is 1. The zero-order chi connectivity index (χ0) is 16.5. The number of aliphatic hydroxyl groups is 1. The van der Waals surface area contributed by atoms with E-state index in [4.69, 9.17) is 17.3 Å². The van der Waals surface area contributed by atoms with Gasteiger partial charge >= 0.3 is 0 Å². The van der Waals surface area contributed by atoms with Gasteiger partial charge in [0, 0.05) is 24.0 Å². The lowest BCUT2D eigenvalue weighted by atomic mass is 9.81. The number of nitrogens with two attached hydrogens (primary N) is 1. The summed E-state index contributed by atoms with van der Waals surface area (Å²) < 4.78 is 0. The summed E-state index contributed by atoms with van der Waals surface area (Å²) in [5, 5.41) is 11.6. The average molecular weight is 325 g/mol. The Morgan fingerprint density at radius 1 is 1.41 bits per heavy atom. The van der Waals surface area contributed by atoms with Crippen molar-refractivity contribution in [3.8, 4) is 0 Å². The van der Waals surface area contributed by atoms with E-state index in [0.29, 0.717) is 24.4 Å². The Balaban J connectivity index is 2.12. The van der Waals surface area contributed by atoms with Crippen LogP contribution in [0.1, 0.15) is 39.2 Å². The summed E-state index contributed by atoms with van der Waals surface area (Å²) in [7, 11) is 0. The van der Waals surface area contributed by atoms with E-state index in [9.17, 15) is 9.90 Å². The smallest absolute Gasteiger partial charge is 0.239 e. The van der Waals surface area contributed by atoms with Gasteiger partial charge in [0.2, 0.25) is 5.91 Å². The van der Waals surface area contributed by atoms with Crippen LogP contribution in [0.5, 0.6) is 0 Å². The van der Waals surface area contributed by atoms with Crippen LogP contribution >= 0.6 is 11.6 Å². The molecule has 1 fully saturated rings. The lowest BCUT2D eigenvalue weighted by Gasteiger charge is -2.44. The maximum atomic E-state index is 12.4. The minimum Gasteiger partial charge on any atom is -0.385 e. The van der Waals surface area contributed by atoms with Crippen LogP contribution in [-0.4, -0.2) is 34.5 Å². The zero-order valence-electron chi connectivity index (χ0n) is 13.4. The molecule has 22 heavy (non-hydrogen) atoms. The van der Waals surface area contributed by atoms with Gasteiger partial charge in [0.05, 0.1) is 11.6 Å². The van der Waals surface area contributed by atoms with Crippen molar-refractivity contribution in [1.29, 1.82) is 0 Å². The van der Waals surface area contributed by atoms with E-state index < -0.39 is 11.6 Å². The van der Waals surface area contributed by atoms with Crippen molar-refractivity contribution in [2.75, 3.05) is 6.54 Å². The molecular formula is C17H25ClN2O2. The number of halogens is 1. The van der Waals surface area contributed by atoms with Gasteiger partial charge in [-0.2, -0.15) is 0 Å². The van der Waals surface area contributed by atoms with Crippen molar-refractivity contribution >= 4 is 17.5 Å². The summed E-state index contributed by atoms with van der Waals surface area (Å²) >= 11 is 5.91. The van der Waals surface area contributed by atoms with Crippen LogP contribution in [0, 0.1) is 5.92 Å². The monoisotopic (exact) mass is 324 g/mol. The second kappa shape index (κ2) is 6.57. The third-order valence-electron chi connectivity index (χ3n) is 4.60. The summed E-state index contributed by atoms with van der Waals surface area (Å²) in [5.74, 6) is 0.0810. The summed E-state index contributed by atoms with van der Waals surface area (Å²) in [4.78, 5) is 14.2. The summed E-state index contributed by atoms with van der Waals surface area (Å²) in [5.41, 5.74) is 5.92. The van der Waals surface area contributed by atoms with Gasteiger partial charge in [-0.15, -0.1) is 0 Å². The number of benzene rings is 1. The van der Waals surface area contributed by atoms with E-state index in [1.165, 1.54) is 0 Å². The number of amides is 1. The highest BCUT2D eigenvalue weighted by molar-refractivity contribution is 6.30. The lowest BCUT2D eigenvalue weighted by molar-refractivity contribution is -0.142. The molecule has 3 N–H and O–H groups in total. The number of hydrogen-bond acceptors (Lipinski definition) is 3. The van der Waals surface area contributed by atoms with Gasteiger partial charge in [-0.1, -0.05) is 37.6 Å². The first kappa shape index (κ1) is 17.3. The molecular weight excluding hydrogens is 300 g/mol. The molecule has 1 saturated heterocycles. The average Bonchev–Trinajstić information content (AvgIpc) is 2.46. The van der Waals surface area contributed by atoms with Crippen molar-refractivity contribution in [3.05, 3.63) is 34.9 Å². The maximum Gasteiger partial charge on any atom is 0.239 e. The van der Waals surface area contributed by atoms with Crippen molar-refractivity contribution in [2.24, 2.45) is 11.7 Å². The Morgan fingerprint density at radius 3 is 2.50 bits per heavy atom. The highest BCUT2D eigenvalue weighted by Crippen LogP contribution is 2.36. The van der Waals surface area contributed by atoms with E-state index in [1.807, 2.05) is 32.9 Å². The van der Waals surface area contributed by atoms with Crippen LogP contribution in [0.15, 0.2) is 24.3 Å². The molecule has 1 aliphatic rings. The van der Waals surface area contributed by atoms with Gasteiger partial charge in [0.25, 0.3) is 0 Å². The number of hydrogen-bond donors (Lipinski definition) is 2. The van der Waals surface area contributed by atoms with Gasteiger partial charge in [0.1, 0.15) is 0 Å². The predicted molar refractivity (Wildman–Crippen MR) is 88.6 cm³/mol. The molecule has 5 heteroatoms. The fourth-order valence-electron chi connectivity index (χ4n) is 3.05. The zero-order valence-corrected chi connectivity index (χ0v) is 14.2. The quantitative estimate of drug-likeness (QED) is 0.897. The largest absolute Gasteiger partial charge is 0.385 e. The Bertz CT molecular complexity index is 532. The van der Waals surface area contributed by atoms with E-state index in [-0.39, 0.29) is 17.9 Å². The highest BCUT2D eigenvalue weighted by atomic mass is 35.5. The molecule has 2 unspecified atom stereocenters. The van der Waals surface area contributed by atoms with E-state index >= 15 is 0 Å². The molecule has 0 aliphatic carbocycles. The molecule has 1 aromatic rings. The molecule has 1 aliphatic heterocycles. The van der Waals surface area contributed by atoms with Gasteiger partial charge in [0.15, 0.2) is 0 Å².